The third-order valence-corrected chi connectivity index (χ3v) is 5.82. The lowest BCUT2D eigenvalue weighted by atomic mass is 9.87. The predicted molar refractivity (Wildman–Crippen MR) is 113 cm³/mol. The molecule has 1 aliphatic carbocycles. The standard InChI is InChI=1S/C23H25ClFN3/c1-27(20-13-9-19(25)10-14-20)16-23-26-22(17-5-3-2-4-6-17)15-28(23)21-11-7-18(24)8-12-21/h7-15,17H,2-6,16H2,1H3. The fourth-order valence-electron chi connectivity index (χ4n) is 3.97. The van der Waals surface area contributed by atoms with Crippen molar-refractivity contribution in [1.82, 2.24) is 9.55 Å². The Kier molecular flexibility index (Phi) is 5.67. The van der Waals surface area contributed by atoms with Gasteiger partial charge in [0, 0.05) is 35.6 Å². The zero-order valence-electron chi connectivity index (χ0n) is 16.1. The molecule has 4 rings (SSSR count). The average Bonchev–Trinajstić information content (AvgIpc) is 3.13. The van der Waals surface area contributed by atoms with Crippen LogP contribution in [0, 0.1) is 5.82 Å². The molecule has 146 valence electrons. The molecule has 2 aromatic carbocycles. The van der Waals surface area contributed by atoms with Crippen molar-refractivity contribution >= 4 is 17.3 Å². The van der Waals surface area contributed by atoms with Crippen molar-refractivity contribution in [3.8, 4) is 5.69 Å². The third kappa shape index (κ3) is 4.22. The number of nitrogens with zero attached hydrogens (tertiary/aromatic N) is 3. The summed E-state index contributed by atoms with van der Waals surface area (Å²) in [5.74, 6) is 1.30. The highest BCUT2D eigenvalue weighted by Crippen LogP contribution is 2.33. The van der Waals surface area contributed by atoms with E-state index < -0.39 is 0 Å². The topological polar surface area (TPSA) is 21.1 Å². The van der Waals surface area contributed by atoms with Gasteiger partial charge in [0.25, 0.3) is 0 Å². The fraction of sp³-hybridized carbons (Fsp3) is 0.348. The Bertz CT molecular complexity index is 912. The molecule has 0 unspecified atom stereocenters. The molecule has 1 saturated carbocycles. The van der Waals surface area contributed by atoms with E-state index >= 15 is 0 Å². The molecule has 3 nitrogen and oxygen atoms in total. The van der Waals surface area contributed by atoms with Crippen molar-refractivity contribution in [2.24, 2.45) is 0 Å². The van der Waals surface area contributed by atoms with Gasteiger partial charge in [-0.25, -0.2) is 9.37 Å². The van der Waals surface area contributed by atoms with Crippen molar-refractivity contribution < 1.29 is 4.39 Å². The van der Waals surface area contributed by atoms with Gasteiger partial charge < -0.3 is 9.47 Å². The molecule has 1 aromatic heterocycles. The molecule has 0 spiro atoms. The summed E-state index contributed by atoms with van der Waals surface area (Å²) in [5.41, 5.74) is 3.20. The van der Waals surface area contributed by atoms with Crippen LogP contribution >= 0.6 is 11.6 Å². The SMILES string of the molecule is CN(Cc1nc(C2CCCCC2)cn1-c1ccc(Cl)cc1)c1ccc(F)cc1. The van der Waals surface area contributed by atoms with Gasteiger partial charge in [-0.05, 0) is 61.4 Å². The Balaban J connectivity index is 1.66. The normalized spacial score (nSPS) is 15.0. The van der Waals surface area contributed by atoms with E-state index in [2.05, 4.69) is 15.7 Å². The molecular formula is C23H25ClFN3. The van der Waals surface area contributed by atoms with E-state index in [0.717, 1.165) is 22.2 Å². The van der Waals surface area contributed by atoms with E-state index in [4.69, 9.17) is 16.6 Å². The van der Waals surface area contributed by atoms with Crippen LogP contribution in [0.5, 0.6) is 0 Å². The molecule has 5 heteroatoms. The van der Waals surface area contributed by atoms with E-state index in [1.165, 1.54) is 49.9 Å². The minimum atomic E-state index is -0.223. The van der Waals surface area contributed by atoms with Crippen LogP contribution < -0.4 is 4.90 Å². The Hall–Kier alpha value is -2.33. The van der Waals surface area contributed by atoms with Gasteiger partial charge in [-0.3, -0.25) is 0 Å². The first-order valence-corrected chi connectivity index (χ1v) is 10.3. The quantitative estimate of drug-likeness (QED) is 0.500. The molecule has 3 aromatic rings. The molecule has 0 saturated heterocycles. The third-order valence-electron chi connectivity index (χ3n) is 5.57. The van der Waals surface area contributed by atoms with Crippen LogP contribution in [0.4, 0.5) is 10.1 Å². The minimum absolute atomic E-state index is 0.223. The lowest BCUT2D eigenvalue weighted by Crippen LogP contribution is -2.19. The Morgan fingerprint density at radius 2 is 1.71 bits per heavy atom. The van der Waals surface area contributed by atoms with E-state index in [9.17, 15) is 4.39 Å². The molecule has 0 radical (unpaired) electrons. The van der Waals surface area contributed by atoms with Gasteiger partial charge >= 0.3 is 0 Å². The molecule has 28 heavy (non-hydrogen) atoms. The van der Waals surface area contributed by atoms with Gasteiger partial charge in [0.15, 0.2) is 0 Å². The monoisotopic (exact) mass is 397 g/mol. The molecule has 0 atom stereocenters. The maximum Gasteiger partial charge on any atom is 0.133 e. The Labute approximate surface area is 170 Å². The smallest absolute Gasteiger partial charge is 0.133 e. The van der Waals surface area contributed by atoms with Crippen molar-refractivity contribution in [3.05, 3.63) is 77.1 Å². The van der Waals surface area contributed by atoms with Crippen molar-refractivity contribution in [2.75, 3.05) is 11.9 Å². The van der Waals surface area contributed by atoms with Crippen LogP contribution in [0.25, 0.3) is 5.69 Å². The van der Waals surface area contributed by atoms with E-state index in [1.807, 2.05) is 31.3 Å². The van der Waals surface area contributed by atoms with E-state index in [0.29, 0.717) is 12.5 Å². The number of rotatable bonds is 5. The minimum Gasteiger partial charge on any atom is -0.367 e. The maximum atomic E-state index is 13.3. The summed E-state index contributed by atoms with van der Waals surface area (Å²) >= 11 is 6.08. The van der Waals surface area contributed by atoms with Crippen LogP contribution in [-0.2, 0) is 6.54 Å². The van der Waals surface area contributed by atoms with Gasteiger partial charge in [-0.15, -0.1) is 0 Å². The number of halogens is 2. The van der Waals surface area contributed by atoms with Crippen LogP contribution in [0.3, 0.4) is 0 Å². The van der Waals surface area contributed by atoms with Gasteiger partial charge in [0.1, 0.15) is 11.6 Å². The molecule has 0 aliphatic heterocycles. The zero-order chi connectivity index (χ0) is 19.5. The molecule has 1 heterocycles. The lowest BCUT2D eigenvalue weighted by molar-refractivity contribution is 0.437. The number of anilines is 1. The Morgan fingerprint density at radius 1 is 1.04 bits per heavy atom. The molecule has 0 N–H and O–H groups in total. The van der Waals surface area contributed by atoms with Crippen LogP contribution in [-0.4, -0.2) is 16.6 Å². The summed E-state index contributed by atoms with van der Waals surface area (Å²) < 4.78 is 15.4. The second-order valence-electron chi connectivity index (χ2n) is 7.60. The first-order chi connectivity index (χ1) is 13.6. The van der Waals surface area contributed by atoms with E-state index in [1.54, 1.807) is 12.1 Å². The first-order valence-electron chi connectivity index (χ1n) is 9.91. The number of imidazole rings is 1. The highest BCUT2D eigenvalue weighted by molar-refractivity contribution is 6.30. The number of hydrogen-bond donors (Lipinski definition) is 0. The summed E-state index contributed by atoms with van der Waals surface area (Å²) in [4.78, 5) is 7.13. The van der Waals surface area contributed by atoms with Crippen molar-refractivity contribution in [3.63, 3.8) is 0 Å². The van der Waals surface area contributed by atoms with E-state index in [-0.39, 0.29) is 5.82 Å². The molecule has 1 aliphatic rings. The van der Waals surface area contributed by atoms with Crippen molar-refractivity contribution in [1.29, 1.82) is 0 Å². The predicted octanol–water partition coefficient (Wildman–Crippen LogP) is 6.35. The fourth-order valence-corrected chi connectivity index (χ4v) is 4.10. The van der Waals surface area contributed by atoms with Gasteiger partial charge in [0.05, 0.1) is 12.2 Å². The number of aromatic nitrogens is 2. The summed E-state index contributed by atoms with van der Waals surface area (Å²) in [6, 6.07) is 14.4. The Morgan fingerprint density at radius 3 is 2.39 bits per heavy atom. The van der Waals surface area contributed by atoms with Crippen molar-refractivity contribution in [2.45, 2.75) is 44.6 Å². The lowest BCUT2D eigenvalue weighted by Gasteiger charge is -2.20. The van der Waals surface area contributed by atoms with Gasteiger partial charge in [0.2, 0.25) is 0 Å². The molecule has 0 amide bonds. The second kappa shape index (κ2) is 8.36. The first kappa shape index (κ1) is 19.0. The largest absolute Gasteiger partial charge is 0.367 e. The number of hydrogen-bond acceptors (Lipinski definition) is 2. The van der Waals surface area contributed by atoms with Crippen LogP contribution in [0.15, 0.2) is 54.7 Å². The average molecular weight is 398 g/mol. The zero-order valence-corrected chi connectivity index (χ0v) is 16.9. The maximum absolute atomic E-state index is 13.3. The van der Waals surface area contributed by atoms with Crippen LogP contribution in [0.1, 0.15) is 49.5 Å². The summed E-state index contributed by atoms with van der Waals surface area (Å²) in [5, 5.41) is 0.723. The highest BCUT2D eigenvalue weighted by atomic mass is 35.5. The molecule has 0 bridgehead atoms. The second-order valence-corrected chi connectivity index (χ2v) is 8.03. The van der Waals surface area contributed by atoms with Gasteiger partial charge in [-0.1, -0.05) is 30.9 Å². The summed E-state index contributed by atoms with van der Waals surface area (Å²) in [6.45, 7) is 0.640. The van der Waals surface area contributed by atoms with Gasteiger partial charge in [-0.2, -0.15) is 0 Å². The molecular weight excluding hydrogens is 373 g/mol. The highest BCUT2D eigenvalue weighted by Gasteiger charge is 2.21. The van der Waals surface area contributed by atoms with Crippen LogP contribution in [0.2, 0.25) is 5.02 Å². The number of benzene rings is 2. The molecule has 1 fully saturated rings. The summed E-state index contributed by atoms with van der Waals surface area (Å²) in [7, 11) is 2.01. The summed E-state index contributed by atoms with van der Waals surface area (Å²) in [6.07, 6.45) is 8.50.